The van der Waals surface area contributed by atoms with Crippen molar-refractivity contribution < 1.29 is 9.13 Å². The number of alkyl halides is 1. The van der Waals surface area contributed by atoms with Crippen LogP contribution in [0, 0.1) is 0 Å². The molecular weight excluding hydrogens is 169 g/mol. The lowest BCUT2D eigenvalue weighted by atomic mass is 9.97. The molecule has 0 aromatic rings. The van der Waals surface area contributed by atoms with Gasteiger partial charge < -0.3 is 10.1 Å². The molecule has 2 nitrogen and oxygen atoms in total. The maximum atomic E-state index is 13.4. The Balaban J connectivity index is 0.000001000. The van der Waals surface area contributed by atoms with Gasteiger partial charge in [-0.05, 0) is 7.05 Å². The van der Waals surface area contributed by atoms with E-state index in [0.717, 1.165) is 0 Å². The van der Waals surface area contributed by atoms with Crippen molar-refractivity contribution in [2.75, 3.05) is 26.8 Å². The van der Waals surface area contributed by atoms with Crippen LogP contribution in [0.4, 0.5) is 4.39 Å². The van der Waals surface area contributed by atoms with Crippen molar-refractivity contribution in [1.82, 2.24) is 5.32 Å². The third kappa shape index (κ3) is 3.36. The zero-order valence-corrected chi connectivity index (χ0v) is 7.55. The second-order valence-corrected chi connectivity index (χ2v) is 2.79. The van der Waals surface area contributed by atoms with Crippen LogP contribution in [0.15, 0.2) is 0 Å². The molecule has 0 aliphatic carbocycles. The number of hydrogen-bond acceptors (Lipinski definition) is 2. The molecule has 0 bridgehead atoms. The number of halogens is 2. The molecule has 0 unspecified atom stereocenters. The molecule has 1 fully saturated rings. The molecule has 1 N–H and O–H groups in total. The predicted molar refractivity (Wildman–Crippen MR) is 45.1 cm³/mol. The Morgan fingerprint density at radius 2 is 2.00 bits per heavy atom. The topological polar surface area (TPSA) is 21.3 Å². The fourth-order valence-corrected chi connectivity index (χ4v) is 1.23. The van der Waals surface area contributed by atoms with Gasteiger partial charge in [0.1, 0.15) is 5.67 Å². The summed E-state index contributed by atoms with van der Waals surface area (Å²) in [7, 11) is 1.77. The van der Waals surface area contributed by atoms with Crippen LogP contribution in [0.1, 0.15) is 12.8 Å². The van der Waals surface area contributed by atoms with E-state index in [4.69, 9.17) is 4.74 Å². The SMILES string of the molecule is CNCC1(F)CCOCC1.Cl. The van der Waals surface area contributed by atoms with Crippen molar-refractivity contribution in [3.05, 3.63) is 0 Å². The van der Waals surface area contributed by atoms with Gasteiger partial charge in [-0.3, -0.25) is 0 Å². The molecule has 68 valence electrons. The van der Waals surface area contributed by atoms with Crippen LogP contribution < -0.4 is 5.32 Å². The molecule has 1 saturated heterocycles. The molecular formula is C7H15ClFNO. The first kappa shape index (κ1) is 11.1. The molecule has 11 heavy (non-hydrogen) atoms. The van der Waals surface area contributed by atoms with Crippen LogP contribution in [0.5, 0.6) is 0 Å². The summed E-state index contributed by atoms with van der Waals surface area (Å²) in [5.41, 5.74) is -1.01. The van der Waals surface area contributed by atoms with Crippen LogP contribution >= 0.6 is 12.4 Å². The summed E-state index contributed by atoms with van der Waals surface area (Å²) in [6.07, 6.45) is 1.07. The lowest BCUT2D eigenvalue weighted by Crippen LogP contribution is -2.40. The molecule has 1 rings (SSSR count). The summed E-state index contributed by atoms with van der Waals surface area (Å²) >= 11 is 0. The summed E-state index contributed by atoms with van der Waals surface area (Å²) in [5, 5.41) is 2.85. The lowest BCUT2D eigenvalue weighted by molar-refractivity contribution is -0.00684. The van der Waals surface area contributed by atoms with Crippen molar-refractivity contribution in [2.24, 2.45) is 0 Å². The Bertz CT molecular complexity index is 101. The van der Waals surface area contributed by atoms with Gasteiger partial charge in [-0.15, -0.1) is 12.4 Å². The van der Waals surface area contributed by atoms with E-state index >= 15 is 0 Å². The third-order valence-electron chi connectivity index (χ3n) is 1.88. The van der Waals surface area contributed by atoms with Gasteiger partial charge in [0.05, 0.1) is 0 Å². The Morgan fingerprint density at radius 1 is 1.45 bits per heavy atom. The minimum Gasteiger partial charge on any atom is -0.381 e. The third-order valence-corrected chi connectivity index (χ3v) is 1.88. The van der Waals surface area contributed by atoms with E-state index in [9.17, 15) is 4.39 Å². The molecule has 0 atom stereocenters. The quantitative estimate of drug-likeness (QED) is 0.694. The van der Waals surface area contributed by atoms with Gasteiger partial charge >= 0.3 is 0 Å². The van der Waals surface area contributed by atoms with Crippen LogP contribution in [0.3, 0.4) is 0 Å². The standard InChI is InChI=1S/C7H14FNO.ClH/c1-9-6-7(8)2-4-10-5-3-7;/h9H,2-6H2,1H3;1H. The second kappa shape index (κ2) is 4.91. The molecule has 1 heterocycles. The second-order valence-electron chi connectivity index (χ2n) is 2.79. The number of ether oxygens (including phenoxy) is 1. The lowest BCUT2D eigenvalue weighted by Gasteiger charge is -2.28. The average Bonchev–Trinajstić information content (AvgIpc) is 1.89. The van der Waals surface area contributed by atoms with Crippen LogP contribution in [0.2, 0.25) is 0 Å². The average molecular weight is 184 g/mol. The molecule has 0 spiro atoms. The number of hydrogen-bond donors (Lipinski definition) is 1. The van der Waals surface area contributed by atoms with Crippen molar-refractivity contribution in [3.63, 3.8) is 0 Å². The molecule has 0 saturated carbocycles. The zero-order valence-electron chi connectivity index (χ0n) is 6.73. The summed E-state index contributed by atoms with van der Waals surface area (Å²) in [4.78, 5) is 0. The number of rotatable bonds is 2. The highest BCUT2D eigenvalue weighted by Crippen LogP contribution is 2.23. The maximum Gasteiger partial charge on any atom is 0.127 e. The molecule has 0 aromatic heterocycles. The largest absolute Gasteiger partial charge is 0.381 e. The summed E-state index contributed by atoms with van der Waals surface area (Å²) in [6.45, 7) is 1.59. The first-order chi connectivity index (χ1) is 4.77. The van der Waals surface area contributed by atoms with Crippen molar-refractivity contribution in [2.45, 2.75) is 18.5 Å². The minimum absolute atomic E-state index is 0. The molecule has 0 aromatic carbocycles. The summed E-state index contributed by atoms with van der Waals surface area (Å²) < 4.78 is 18.5. The van der Waals surface area contributed by atoms with E-state index in [-0.39, 0.29) is 12.4 Å². The zero-order chi connectivity index (χ0) is 7.45. The van der Waals surface area contributed by atoms with Crippen LogP contribution in [-0.4, -0.2) is 32.5 Å². The van der Waals surface area contributed by atoms with Gasteiger partial charge in [0.15, 0.2) is 0 Å². The van der Waals surface area contributed by atoms with Gasteiger partial charge in [-0.25, -0.2) is 4.39 Å². The van der Waals surface area contributed by atoms with E-state index in [1.54, 1.807) is 7.05 Å². The van der Waals surface area contributed by atoms with Gasteiger partial charge in [0, 0.05) is 32.6 Å². The molecule has 1 aliphatic heterocycles. The molecule has 0 radical (unpaired) electrons. The summed E-state index contributed by atoms with van der Waals surface area (Å²) in [6, 6.07) is 0. The number of nitrogens with one attached hydrogen (secondary N) is 1. The highest BCUT2D eigenvalue weighted by Gasteiger charge is 2.30. The van der Waals surface area contributed by atoms with E-state index in [0.29, 0.717) is 32.6 Å². The molecule has 4 heteroatoms. The highest BCUT2D eigenvalue weighted by atomic mass is 35.5. The van der Waals surface area contributed by atoms with Crippen LogP contribution in [-0.2, 0) is 4.74 Å². The monoisotopic (exact) mass is 183 g/mol. The van der Waals surface area contributed by atoms with Gasteiger partial charge in [0.2, 0.25) is 0 Å². The van der Waals surface area contributed by atoms with Crippen molar-refractivity contribution in [1.29, 1.82) is 0 Å². The predicted octanol–water partition coefficient (Wildman–Crippen LogP) is 1.15. The Hall–Kier alpha value is 0.140. The molecule has 1 aliphatic rings. The van der Waals surface area contributed by atoms with Gasteiger partial charge in [0.25, 0.3) is 0 Å². The first-order valence-corrected chi connectivity index (χ1v) is 3.68. The fourth-order valence-electron chi connectivity index (χ4n) is 1.23. The Labute approximate surface area is 72.9 Å². The smallest absolute Gasteiger partial charge is 0.127 e. The van der Waals surface area contributed by atoms with Gasteiger partial charge in [-0.2, -0.15) is 0 Å². The van der Waals surface area contributed by atoms with E-state index in [2.05, 4.69) is 5.32 Å². The van der Waals surface area contributed by atoms with Crippen molar-refractivity contribution in [3.8, 4) is 0 Å². The van der Waals surface area contributed by atoms with Crippen LogP contribution in [0.25, 0.3) is 0 Å². The normalized spacial score (nSPS) is 22.4. The van der Waals surface area contributed by atoms with Gasteiger partial charge in [-0.1, -0.05) is 0 Å². The Kier molecular flexibility index (Phi) is 4.97. The Morgan fingerprint density at radius 3 is 2.45 bits per heavy atom. The fraction of sp³-hybridized carbons (Fsp3) is 1.00. The van der Waals surface area contributed by atoms with Crippen molar-refractivity contribution >= 4 is 12.4 Å². The maximum absolute atomic E-state index is 13.4. The minimum atomic E-state index is -1.01. The molecule has 0 amide bonds. The van der Waals surface area contributed by atoms with E-state index < -0.39 is 5.67 Å². The summed E-state index contributed by atoms with van der Waals surface area (Å²) in [5.74, 6) is 0. The van der Waals surface area contributed by atoms with E-state index in [1.165, 1.54) is 0 Å². The van der Waals surface area contributed by atoms with E-state index in [1.807, 2.05) is 0 Å². The first-order valence-electron chi connectivity index (χ1n) is 3.68. The highest BCUT2D eigenvalue weighted by molar-refractivity contribution is 5.85.